The van der Waals surface area contributed by atoms with Gasteiger partial charge in [-0.15, -0.1) is 0 Å². The van der Waals surface area contributed by atoms with Crippen LogP contribution in [0.5, 0.6) is 0 Å². The van der Waals surface area contributed by atoms with Crippen molar-refractivity contribution < 1.29 is 9.53 Å². The minimum atomic E-state index is -0.0792. The number of nitrogens with one attached hydrogen (secondary N) is 2. The molecule has 1 fully saturated rings. The van der Waals surface area contributed by atoms with Crippen LogP contribution in [0.3, 0.4) is 0 Å². The number of hydrogen-bond acceptors (Lipinski definition) is 6. The number of aromatic nitrogens is 3. The van der Waals surface area contributed by atoms with Gasteiger partial charge in [-0.25, -0.2) is 9.97 Å². The fraction of sp³-hybridized carbons (Fsp3) is 0.375. The molecule has 2 aromatic rings. The van der Waals surface area contributed by atoms with Crippen molar-refractivity contribution in [1.82, 2.24) is 20.3 Å². The fourth-order valence-corrected chi connectivity index (χ4v) is 2.78. The van der Waals surface area contributed by atoms with Crippen LogP contribution < -0.4 is 10.6 Å². The third-order valence-electron chi connectivity index (χ3n) is 3.83. The summed E-state index contributed by atoms with van der Waals surface area (Å²) in [7, 11) is 0. The van der Waals surface area contributed by atoms with Crippen molar-refractivity contribution in [2.45, 2.75) is 24.9 Å². The predicted octanol–water partition coefficient (Wildman–Crippen LogP) is 1.45. The molecule has 8 heteroatoms. The number of carbonyl (C=O) groups is 1. The van der Waals surface area contributed by atoms with E-state index < -0.39 is 0 Å². The molecular weight excluding hydrogens is 330 g/mol. The number of rotatable bonds is 5. The summed E-state index contributed by atoms with van der Waals surface area (Å²) in [6.45, 7) is 1.12. The first-order valence-electron chi connectivity index (χ1n) is 7.70. The Balaban J connectivity index is 1.61. The van der Waals surface area contributed by atoms with E-state index in [0.29, 0.717) is 24.1 Å². The molecule has 1 aliphatic heterocycles. The quantitative estimate of drug-likeness (QED) is 0.851. The number of ether oxygens (including phenoxy) is 1. The molecule has 2 N–H and O–H groups in total. The Bertz CT molecular complexity index is 685. The van der Waals surface area contributed by atoms with E-state index in [-0.39, 0.29) is 24.4 Å². The van der Waals surface area contributed by atoms with E-state index in [1.165, 1.54) is 12.5 Å². The van der Waals surface area contributed by atoms with Crippen LogP contribution in [0.1, 0.15) is 12.0 Å². The predicted molar refractivity (Wildman–Crippen MR) is 89.8 cm³/mol. The van der Waals surface area contributed by atoms with E-state index in [4.69, 9.17) is 16.3 Å². The summed E-state index contributed by atoms with van der Waals surface area (Å²) in [6.07, 6.45) is 7.26. The SMILES string of the molecule is O=C(Cc1ccncc1Cl)N[C@H]1CCOC[C@H]1Nc1ccncn1. The lowest BCUT2D eigenvalue weighted by Gasteiger charge is -2.33. The monoisotopic (exact) mass is 347 g/mol. The van der Waals surface area contributed by atoms with Gasteiger partial charge in [0.05, 0.1) is 30.1 Å². The van der Waals surface area contributed by atoms with Crippen LogP contribution in [-0.4, -0.2) is 46.2 Å². The summed E-state index contributed by atoms with van der Waals surface area (Å²) in [5.41, 5.74) is 0.761. The zero-order chi connectivity index (χ0) is 16.8. The molecule has 24 heavy (non-hydrogen) atoms. The van der Waals surface area contributed by atoms with Crippen molar-refractivity contribution >= 4 is 23.3 Å². The topological polar surface area (TPSA) is 89.0 Å². The largest absolute Gasteiger partial charge is 0.379 e. The molecule has 7 nitrogen and oxygen atoms in total. The third-order valence-corrected chi connectivity index (χ3v) is 4.17. The summed E-state index contributed by atoms with van der Waals surface area (Å²) in [5.74, 6) is 0.626. The van der Waals surface area contributed by atoms with Gasteiger partial charge in [0.1, 0.15) is 12.1 Å². The van der Waals surface area contributed by atoms with Gasteiger partial charge >= 0.3 is 0 Å². The summed E-state index contributed by atoms with van der Waals surface area (Å²) in [6, 6.07) is 3.44. The maximum absolute atomic E-state index is 12.3. The molecule has 0 aromatic carbocycles. The Kier molecular flexibility index (Phi) is 5.55. The summed E-state index contributed by atoms with van der Waals surface area (Å²) >= 11 is 6.06. The van der Waals surface area contributed by atoms with Crippen molar-refractivity contribution in [1.29, 1.82) is 0 Å². The fourth-order valence-electron chi connectivity index (χ4n) is 2.60. The zero-order valence-corrected chi connectivity index (χ0v) is 13.7. The minimum absolute atomic E-state index is 0.0400. The van der Waals surface area contributed by atoms with Crippen LogP contribution in [0.25, 0.3) is 0 Å². The number of hydrogen-bond donors (Lipinski definition) is 2. The number of anilines is 1. The lowest BCUT2D eigenvalue weighted by atomic mass is 10.0. The van der Waals surface area contributed by atoms with Crippen LogP contribution in [0.15, 0.2) is 37.1 Å². The van der Waals surface area contributed by atoms with Crippen molar-refractivity contribution in [3.05, 3.63) is 47.6 Å². The van der Waals surface area contributed by atoms with E-state index in [0.717, 1.165) is 12.0 Å². The van der Waals surface area contributed by atoms with E-state index in [1.54, 1.807) is 24.5 Å². The zero-order valence-electron chi connectivity index (χ0n) is 13.0. The Labute approximate surface area is 144 Å². The number of carbonyl (C=O) groups excluding carboxylic acids is 1. The molecule has 1 amide bonds. The van der Waals surface area contributed by atoms with E-state index in [9.17, 15) is 4.79 Å². The highest BCUT2D eigenvalue weighted by Gasteiger charge is 2.27. The first-order valence-corrected chi connectivity index (χ1v) is 8.08. The second kappa shape index (κ2) is 8.03. The van der Waals surface area contributed by atoms with Gasteiger partial charge in [0.2, 0.25) is 5.91 Å². The van der Waals surface area contributed by atoms with Gasteiger partial charge in [0.25, 0.3) is 0 Å². The van der Waals surface area contributed by atoms with Gasteiger partial charge in [-0.2, -0.15) is 0 Å². The maximum atomic E-state index is 12.3. The molecule has 126 valence electrons. The number of halogens is 1. The molecule has 2 atom stereocenters. The molecule has 3 heterocycles. The maximum Gasteiger partial charge on any atom is 0.224 e. The highest BCUT2D eigenvalue weighted by molar-refractivity contribution is 6.31. The van der Waals surface area contributed by atoms with Gasteiger partial charge in [-0.05, 0) is 24.1 Å². The Hall–Kier alpha value is -2.25. The number of pyridine rings is 1. The average molecular weight is 348 g/mol. The summed E-state index contributed by atoms with van der Waals surface area (Å²) in [5, 5.41) is 6.84. The molecular formula is C16H18ClN5O2. The number of amides is 1. The average Bonchev–Trinajstić information content (AvgIpc) is 2.60. The van der Waals surface area contributed by atoms with Crippen LogP contribution in [-0.2, 0) is 16.0 Å². The lowest BCUT2D eigenvalue weighted by molar-refractivity contribution is -0.121. The van der Waals surface area contributed by atoms with E-state index in [1.807, 2.05) is 0 Å². The standard InChI is InChI=1S/C16H18ClN5O2/c17-12-8-18-4-1-11(12)7-16(23)22-13-3-6-24-9-14(13)21-15-2-5-19-10-20-15/h1-2,4-5,8,10,13-14H,3,6-7,9H2,(H,22,23)(H,19,20,21)/t13-,14+/m0/s1. The van der Waals surface area contributed by atoms with Gasteiger partial charge in [-0.1, -0.05) is 11.6 Å². The van der Waals surface area contributed by atoms with Crippen LogP contribution in [0.2, 0.25) is 5.02 Å². The number of nitrogens with zero attached hydrogens (tertiary/aromatic N) is 3. The van der Waals surface area contributed by atoms with Gasteiger partial charge < -0.3 is 15.4 Å². The van der Waals surface area contributed by atoms with Crippen molar-refractivity contribution in [2.75, 3.05) is 18.5 Å². The molecule has 2 aromatic heterocycles. The molecule has 0 spiro atoms. The summed E-state index contributed by atoms with van der Waals surface area (Å²) in [4.78, 5) is 24.3. The highest BCUT2D eigenvalue weighted by atomic mass is 35.5. The summed E-state index contributed by atoms with van der Waals surface area (Å²) < 4.78 is 5.52. The first kappa shape index (κ1) is 16.6. The van der Waals surface area contributed by atoms with Crippen LogP contribution in [0, 0.1) is 0 Å². The van der Waals surface area contributed by atoms with Gasteiger partial charge in [0.15, 0.2) is 0 Å². The smallest absolute Gasteiger partial charge is 0.224 e. The third kappa shape index (κ3) is 4.39. The minimum Gasteiger partial charge on any atom is -0.379 e. The Morgan fingerprint density at radius 3 is 2.96 bits per heavy atom. The Morgan fingerprint density at radius 2 is 2.17 bits per heavy atom. The molecule has 1 aliphatic rings. The second-order valence-electron chi connectivity index (χ2n) is 5.53. The van der Waals surface area contributed by atoms with Crippen molar-refractivity contribution in [2.24, 2.45) is 0 Å². The molecule has 0 unspecified atom stereocenters. The molecule has 1 saturated heterocycles. The van der Waals surface area contributed by atoms with Crippen LogP contribution >= 0.6 is 11.6 Å². The second-order valence-corrected chi connectivity index (χ2v) is 5.93. The molecule has 3 rings (SSSR count). The normalized spacial score (nSPS) is 20.4. The lowest BCUT2D eigenvalue weighted by Crippen LogP contribution is -2.52. The van der Waals surface area contributed by atoms with Gasteiger partial charge in [0, 0.05) is 25.2 Å². The van der Waals surface area contributed by atoms with Crippen molar-refractivity contribution in [3.8, 4) is 0 Å². The van der Waals surface area contributed by atoms with E-state index >= 15 is 0 Å². The first-order chi connectivity index (χ1) is 11.7. The van der Waals surface area contributed by atoms with Crippen molar-refractivity contribution in [3.63, 3.8) is 0 Å². The van der Waals surface area contributed by atoms with E-state index in [2.05, 4.69) is 25.6 Å². The highest BCUT2D eigenvalue weighted by Crippen LogP contribution is 2.16. The molecule has 0 radical (unpaired) electrons. The molecule has 0 aliphatic carbocycles. The van der Waals surface area contributed by atoms with Crippen LogP contribution in [0.4, 0.5) is 5.82 Å². The Morgan fingerprint density at radius 1 is 1.29 bits per heavy atom. The molecule has 0 saturated carbocycles. The van der Waals surface area contributed by atoms with Gasteiger partial charge in [-0.3, -0.25) is 9.78 Å². The molecule has 0 bridgehead atoms.